The van der Waals surface area contributed by atoms with E-state index in [1.54, 1.807) is 30.3 Å². The predicted octanol–water partition coefficient (Wildman–Crippen LogP) is 3.19. The van der Waals surface area contributed by atoms with E-state index >= 15 is 0 Å². The third-order valence-corrected chi connectivity index (χ3v) is 4.24. The number of halogens is 2. The van der Waals surface area contributed by atoms with Crippen LogP contribution in [0.5, 0.6) is 0 Å². The van der Waals surface area contributed by atoms with Gasteiger partial charge in [0.25, 0.3) is 0 Å². The molecule has 0 fully saturated rings. The summed E-state index contributed by atoms with van der Waals surface area (Å²) in [4.78, 5) is 12.0. The molecule has 0 unspecified atom stereocenters. The molecule has 3 rings (SSSR count). The quantitative estimate of drug-likeness (QED) is 0.705. The Morgan fingerprint density at radius 1 is 1.21 bits per heavy atom. The largest absolute Gasteiger partial charge is 0.323 e. The first-order valence-corrected chi connectivity index (χ1v) is 8.22. The van der Waals surface area contributed by atoms with Crippen LogP contribution in [0.4, 0.5) is 10.1 Å². The molecule has 0 aliphatic rings. The zero-order valence-corrected chi connectivity index (χ0v) is 13.8. The molecule has 0 saturated heterocycles. The maximum atomic E-state index is 13.5. The van der Waals surface area contributed by atoms with Gasteiger partial charge in [0.1, 0.15) is 5.82 Å². The van der Waals surface area contributed by atoms with E-state index in [2.05, 4.69) is 20.8 Å². The predicted molar refractivity (Wildman–Crippen MR) is 89.9 cm³/mol. The average molecular weight is 364 g/mol. The number of para-hydroxylation sites is 2. The van der Waals surface area contributed by atoms with Gasteiger partial charge in [-0.15, -0.1) is 5.10 Å². The maximum Gasteiger partial charge on any atom is 0.234 e. The van der Waals surface area contributed by atoms with Crippen molar-refractivity contribution in [3.8, 4) is 5.69 Å². The highest BCUT2D eigenvalue weighted by Crippen LogP contribution is 2.24. The minimum absolute atomic E-state index is 0.0269. The van der Waals surface area contributed by atoms with E-state index in [-0.39, 0.29) is 17.3 Å². The van der Waals surface area contributed by atoms with Crippen LogP contribution in [0.3, 0.4) is 0 Å². The maximum absolute atomic E-state index is 13.5. The number of aromatic nitrogens is 4. The number of benzene rings is 2. The molecule has 0 radical (unpaired) electrons. The molecular formula is C15H11ClFN5OS. The van der Waals surface area contributed by atoms with E-state index in [4.69, 9.17) is 11.6 Å². The van der Waals surface area contributed by atoms with Crippen LogP contribution < -0.4 is 5.32 Å². The molecule has 2 aromatic carbocycles. The number of amides is 1. The molecule has 0 atom stereocenters. The Balaban J connectivity index is 1.68. The lowest BCUT2D eigenvalue weighted by molar-refractivity contribution is -0.113. The van der Waals surface area contributed by atoms with Crippen molar-refractivity contribution in [2.75, 3.05) is 11.1 Å². The van der Waals surface area contributed by atoms with E-state index in [9.17, 15) is 9.18 Å². The highest BCUT2D eigenvalue weighted by atomic mass is 35.5. The smallest absolute Gasteiger partial charge is 0.234 e. The standard InChI is InChI=1S/C15H11ClFN5OS/c16-10-5-1-4-8-13(10)22-15(19-20-21-22)24-9-14(23)18-12-7-3-2-6-11(12)17/h1-8H,9H2,(H,18,23). The molecule has 1 heterocycles. The van der Waals surface area contributed by atoms with Crippen LogP contribution in [-0.2, 0) is 4.79 Å². The summed E-state index contributed by atoms with van der Waals surface area (Å²) in [5.41, 5.74) is 0.745. The summed E-state index contributed by atoms with van der Waals surface area (Å²) in [6.45, 7) is 0. The zero-order valence-electron chi connectivity index (χ0n) is 12.2. The van der Waals surface area contributed by atoms with Crippen molar-refractivity contribution in [2.45, 2.75) is 5.16 Å². The van der Waals surface area contributed by atoms with Gasteiger partial charge < -0.3 is 5.32 Å². The number of anilines is 1. The van der Waals surface area contributed by atoms with Crippen molar-refractivity contribution in [1.82, 2.24) is 20.2 Å². The second kappa shape index (κ2) is 7.41. The number of hydrogen-bond donors (Lipinski definition) is 1. The number of hydrogen-bond acceptors (Lipinski definition) is 5. The molecule has 1 aromatic heterocycles. The number of thioether (sulfide) groups is 1. The van der Waals surface area contributed by atoms with Gasteiger partial charge in [-0.25, -0.2) is 4.39 Å². The average Bonchev–Trinajstić information content (AvgIpc) is 3.04. The van der Waals surface area contributed by atoms with Crippen molar-refractivity contribution in [1.29, 1.82) is 0 Å². The van der Waals surface area contributed by atoms with Gasteiger partial charge in [-0.1, -0.05) is 47.6 Å². The summed E-state index contributed by atoms with van der Waals surface area (Å²) >= 11 is 7.25. The molecule has 1 amide bonds. The summed E-state index contributed by atoms with van der Waals surface area (Å²) in [5.74, 6) is -0.824. The summed E-state index contributed by atoms with van der Waals surface area (Å²) < 4.78 is 15.0. The Hall–Kier alpha value is -2.45. The fourth-order valence-corrected chi connectivity index (χ4v) is 2.82. The Labute approximate surface area is 146 Å². The Kier molecular flexibility index (Phi) is 5.07. The zero-order chi connectivity index (χ0) is 16.9. The lowest BCUT2D eigenvalue weighted by Crippen LogP contribution is -2.15. The lowest BCUT2D eigenvalue weighted by Gasteiger charge is -2.07. The summed E-state index contributed by atoms with van der Waals surface area (Å²) in [6, 6.07) is 13.1. The fraction of sp³-hybridized carbons (Fsp3) is 0.0667. The Morgan fingerprint density at radius 3 is 2.75 bits per heavy atom. The van der Waals surface area contributed by atoms with Crippen molar-refractivity contribution in [2.24, 2.45) is 0 Å². The minimum Gasteiger partial charge on any atom is -0.323 e. The third kappa shape index (κ3) is 3.72. The van der Waals surface area contributed by atoms with Crippen LogP contribution >= 0.6 is 23.4 Å². The van der Waals surface area contributed by atoms with Gasteiger partial charge in [0.15, 0.2) is 0 Å². The van der Waals surface area contributed by atoms with Gasteiger partial charge >= 0.3 is 0 Å². The molecule has 0 saturated carbocycles. The van der Waals surface area contributed by atoms with E-state index < -0.39 is 5.82 Å². The summed E-state index contributed by atoms with van der Waals surface area (Å²) in [5, 5.41) is 14.8. The highest BCUT2D eigenvalue weighted by molar-refractivity contribution is 7.99. The van der Waals surface area contributed by atoms with Gasteiger partial charge in [-0.05, 0) is 34.7 Å². The van der Waals surface area contributed by atoms with E-state index in [1.165, 1.54) is 16.8 Å². The molecule has 9 heteroatoms. The minimum atomic E-state index is -0.489. The molecule has 1 N–H and O–H groups in total. The molecule has 0 aliphatic carbocycles. The number of nitrogens with zero attached hydrogens (tertiary/aromatic N) is 4. The first kappa shape index (κ1) is 16.4. The monoisotopic (exact) mass is 363 g/mol. The number of rotatable bonds is 5. The van der Waals surface area contributed by atoms with Crippen LogP contribution in [-0.4, -0.2) is 31.9 Å². The van der Waals surface area contributed by atoms with Gasteiger partial charge in [0, 0.05) is 0 Å². The van der Waals surface area contributed by atoms with Gasteiger partial charge in [0.05, 0.1) is 22.2 Å². The molecule has 3 aromatic rings. The fourth-order valence-electron chi connectivity index (χ4n) is 1.92. The van der Waals surface area contributed by atoms with Gasteiger partial charge in [-0.3, -0.25) is 4.79 Å². The number of carbonyl (C=O) groups is 1. The topological polar surface area (TPSA) is 72.7 Å². The normalized spacial score (nSPS) is 10.6. The summed E-state index contributed by atoms with van der Waals surface area (Å²) in [6.07, 6.45) is 0. The second-order valence-electron chi connectivity index (χ2n) is 4.64. The van der Waals surface area contributed by atoms with E-state index in [0.717, 1.165) is 11.8 Å². The van der Waals surface area contributed by atoms with Crippen molar-refractivity contribution >= 4 is 35.0 Å². The van der Waals surface area contributed by atoms with Crippen molar-refractivity contribution in [3.63, 3.8) is 0 Å². The third-order valence-electron chi connectivity index (χ3n) is 3.00. The van der Waals surface area contributed by atoms with Crippen LogP contribution in [0.1, 0.15) is 0 Å². The van der Waals surface area contributed by atoms with Crippen LogP contribution in [0.15, 0.2) is 53.7 Å². The Bertz CT molecular complexity index is 872. The molecule has 0 aliphatic heterocycles. The Morgan fingerprint density at radius 2 is 1.96 bits per heavy atom. The number of nitrogens with one attached hydrogen (secondary N) is 1. The molecular weight excluding hydrogens is 353 g/mol. The van der Waals surface area contributed by atoms with Crippen LogP contribution in [0, 0.1) is 5.82 Å². The first-order valence-electron chi connectivity index (χ1n) is 6.85. The van der Waals surface area contributed by atoms with Gasteiger partial charge in [-0.2, -0.15) is 4.68 Å². The second-order valence-corrected chi connectivity index (χ2v) is 5.99. The van der Waals surface area contributed by atoms with Crippen LogP contribution in [0.25, 0.3) is 5.69 Å². The molecule has 0 spiro atoms. The number of carbonyl (C=O) groups excluding carboxylic acids is 1. The van der Waals surface area contributed by atoms with Crippen molar-refractivity contribution < 1.29 is 9.18 Å². The highest BCUT2D eigenvalue weighted by Gasteiger charge is 2.14. The van der Waals surface area contributed by atoms with Gasteiger partial charge in [0.2, 0.25) is 11.1 Å². The lowest BCUT2D eigenvalue weighted by atomic mass is 10.3. The first-order chi connectivity index (χ1) is 11.6. The molecule has 0 bridgehead atoms. The molecule has 122 valence electrons. The number of tetrazole rings is 1. The van der Waals surface area contributed by atoms with E-state index in [0.29, 0.717) is 15.9 Å². The summed E-state index contributed by atoms with van der Waals surface area (Å²) in [7, 11) is 0. The SMILES string of the molecule is O=C(CSc1nnnn1-c1ccccc1Cl)Nc1ccccc1F. The van der Waals surface area contributed by atoms with Crippen molar-refractivity contribution in [3.05, 3.63) is 59.4 Å². The van der Waals surface area contributed by atoms with E-state index in [1.807, 2.05) is 6.07 Å². The van der Waals surface area contributed by atoms with Crippen LogP contribution in [0.2, 0.25) is 5.02 Å². The molecule has 24 heavy (non-hydrogen) atoms. The molecule has 6 nitrogen and oxygen atoms in total.